The van der Waals surface area contributed by atoms with Crippen LogP contribution < -0.4 is 4.74 Å². The maximum absolute atomic E-state index is 12.3. The first-order chi connectivity index (χ1) is 8.96. The van der Waals surface area contributed by atoms with Gasteiger partial charge < -0.3 is 4.74 Å². The Morgan fingerprint density at radius 3 is 2.42 bits per heavy atom. The Balaban J connectivity index is 2.28. The fourth-order valence-corrected chi connectivity index (χ4v) is 3.98. The normalized spacial score (nSPS) is 20.9. The zero-order valence-corrected chi connectivity index (χ0v) is 12.5. The number of hydrogen-bond acceptors (Lipinski definition) is 3. The van der Waals surface area contributed by atoms with E-state index in [2.05, 4.69) is 0 Å². The van der Waals surface area contributed by atoms with Crippen LogP contribution in [0.25, 0.3) is 0 Å². The molecule has 19 heavy (non-hydrogen) atoms. The molecule has 0 aromatic heterocycles. The first kappa shape index (κ1) is 14.3. The molecule has 0 bridgehead atoms. The number of nitrogens with zero attached hydrogens (tertiary/aromatic N) is 1. The minimum Gasteiger partial charge on any atom is -0.497 e. The quantitative estimate of drug-likeness (QED) is 0.853. The summed E-state index contributed by atoms with van der Waals surface area (Å²) >= 11 is 0. The second-order valence-corrected chi connectivity index (χ2v) is 7.58. The lowest BCUT2D eigenvalue weighted by atomic mass is 10.1. The van der Waals surface area contributed by atoms with Crippen LogP contribution in [-0.2, 0) is 10.0 Å². The van der Waals surface area contributed by atoms with Crippen LogP contribution in [0.15, 0.2) is 24.3 Å². The fourth-order valence-electron chi connectivity index (χ4n) is 2.47. The number of hydrogen-bond donors (Lipinski definition) is 0. The lowest BCUT2D eigenvalue weighted by Gasteiger charge is -2.26. The summed E-state index contributed by atoms with van der Waals surface area (Å²) in [6.07, 6.45) is 1.81. The molecule has 1 saturated heterocycles. The van der Waals surface area contributed by atoms with Crippen molar-refractivity contribution >= 4 is 10.0 Å². The molecule has 1 aromatic carbocycles. The lowest BCUT2D eigenvalue weighted by Crippen LogP contribution is -2.35. The topological polar surface area (TPSA) is 46.6 Å². The molecule has 1 unspecified atom stereocenters. The van der Waals surface area contributed by atoms with Gasteiger partial charge in [-0.1, -0.05) is 12.1 Å². The molecule has 0 radical (unpaired) electrons. The molecule has 106 valence electrons. The van der Waals surface area contributed by atoms with Crippen molar-refractivity contribution in [3.05, 3.63) is 29.8 Å². The Hall–Kier alpha value is -1.07. The van der Waals surface area contributed by atoms with Gasteiger partial charge in [0.2, 0.25) is 10.0 Å². The number of ether oxygens (including phenoxy) is 1. The van der Waals surface area contributed by atoms with Gasteiger partial charge in [0.1, 0.15) is 5.75 Å². The van der Waals surface area contributed by atoms with Crippen molar-refractivity contribution in [3.63, 3.8) is 0 Å². The van der Waals surface area contributed by atoms with Crippen LogP contribution in [0.4, 0.5) is 0 Å². The molecule has 2 rings (SSSR count). The number of sulfonamides is 1. The average Bonchev–Trinajstić information content (AvgIpc) is 2.88. The summed E-state index contributed by atoms with van der Waals surface area (Å²) in [7, 11) is -1.56. The van der Waals surface area contributed by atoms with Crippen molar-refractivity contribution in [2.45, 2.75) is 38.0 Å². The molecule has 5 heteroatoms. The SMILES string of the molecule is COc1ccc(C2CCCN2S(=O)(=O)C(C)C)cc1. The third-order valence-corrected chi connectivity index (χ3v) is 5.91. The van der Waals surface area contributed by atoms with Gasteiger partial charge in [-0.25, -0.2) is 8.42 Å². The Morgan fingerprint density at radius 2 is 1.89 bits per heavy atom. The van der Waals surface area contributed by atoms with Crippen molar-refractivity contribution < 1.29 is 13.2 Å². The van der Waals surface area contributed by atoms with E-state index < -0.39 is 10.0 Å². The van der Waals surface area contributed by atoms with Crippen molar-refractivity contribution in [3.8, 4) is 5.75 Å². The lowest BCUT2D eigenvalue weighted by molar-refractivity contribution is 0.390. The van der Waals surface area contributed by atoms with E-state index >= 15 is 0 Å². The first-order valence-corrected chi connectivity index (χ1v) is 8.11. The molecule has 0 amide bonds. The minimum absolute atomic E-state index is 0.0293. The van der Waals surface area contributed by atoms with E-state index in [-0.39, 0.29) is 11.3 Å². The molecule has 1 aromatic rings. The van der Waals surface area contributed by atoms with E-state index in [9.17, 15) is 8.42 Å². The molecule has 4 nitrogen and oxygen atoms in total. The number of benzene rings is 1. The zero-order chi connectivity index (χ0) is 14.0. The summed E-state index contributed by atoms with van der Waals surface area (Å²) in [6.45, 7) is 4.09. The summed E-state index contributed by atoms with van der Waals surface area (Å²) < 4.78 is 31.5. The van der Waals surface area contributed by atoms with Gasteiger partial charge in [-0.2, -0.15) is 4.31 Å². The van der Waals surface area contributed by atoms with Crippen LogP contribution in [0.5, 0.6) is 5.75 Å². The highest BCUT2D eigenvalue weighted by Crippen LogP contribution is 2.35. The summed E-state index contributed by atoms with van der Waals surface area (Å²) in [5.74, 6) is 0.792. The third kappa shape index (κ3) is 2.77. The van der Waals surface area contributed by atoms with Gasteiger partial charge >= 0.3 is 0 Å². The standard InChI is InChI=1S/C14H21NO3S/c1-11(2)19(16,17)15-10-4-5-14(15)12-6-8-13(18-3)9-7-12/h6-9,11,14H,4-5,10H2,1-3H3. The molecule has 0 aliphatic carbocycles. The molecule has 1 fully saturated rings. The highest BCUT2D eigenvalue weighted by Gasteiger charge is 2.36. The second kappa shape index (κ2) is 5.51. The van der Waals surface area contributed by atoms with E-state index in [0.29, 0.717) is 6.54 Å². The van der Waals surface area contributed by atoms with Gasteiger partial charge in [-0.15, -0.1) is 0 Å². The predicted molar refractivity (Wildman–Crippen MR) is 75.7 cm³/mol. The molecule has 0 saturated carbocycles. The Morgan fingerprint density at radius 1 is 1.26 bits per heavy atom. The van der Waals surface area contributed by atoms with Crippen LogP contribution >= 0.6 is 0 Å². The Labute approximate surface area is 115 Å². The van der Waals surface area contributed by atoms with Gasteiger partial charge in [-0.3, -0.25) is 0 Å². The van der Waals surface area contributed by atoms with E-state index in [1.54, 1.807) is 25.3 Å². The molecule has 0 N–H and O–H groups in total. The zero-order valence-electron chi connectivity index (χ0n) is 11.7. The molecule has 1 heterocycles. The maximum atomic E-state index is 12.3. The van der Waals surface area contributed by atoms with Gasteiger partial charge in [0.15, 0.2) is 0 Å². The summed E-state index contributed by atoms with van der Waals surface area (Å²) in [6, 6.07) is 7.65. The average molecular weight is 283 g/mol. The summed E-state index contributed by atoms with van der Waals surface area (Å²) in [5, 5.41) is -0.369. The second-order valence-electron chi connectivity index (χ2n) is 5.14. The molecule has 1 atom stereocenters. The van der Waals surface area contributed by atoms with E-state index in [4.69, 9.17) is 4.74 Å². The van der Waals surface area contributed by atoms with Crippen LogP contribution in [0.3, 0.4) is 0 Å². The third-order valence-electron chi connectivity index (χ3n) is 3.63. The number of rotatable bonds is 4. The maximum Gasteiger partial charge on any atom is 0.216 e. The van der Waals surface area contributed by atoms with Gasteiger partial charge in [0.05, 0.1) is 12.4 Å². The van der Waals surface area contributed by atoms with Crippen LogP contribution in [0.2, 0.25) is 0 Å². The van der Waals surface area contributed by atoms with E-state index in [1.807, 2.05) is 24.3 Å². The predicted octanol–water partition coefficient (Wildman–Crippen LogP) is 2.57. The van der Waals surface area contributed by atoms with Gasteiger partial charge in [0.25, 0.3) is 0 Å². The minimum atomic E-state index is -3.19. The van der Waals surface area contributed by atoms with Crippen molar-refractivity contribution in [2.24, 2.45) is 0 Å². The van der Waals surface area contributed by atoms with E-state index in [1.165, 1.54) is 0 Å². The highest BCUT2D eigenvalue weighted by molar-refractivity contribution is 7.89. The van der Waals surface area contributed by atoms with Crippen LogP contribution in [0.1, 0.15) is 38.3 Å². The smallest absolute Gasteiger partial charge is 0.216 e. The Kier molecular flexibility index (Phi) is 4.16. The van der Waals surface area contributed by atoms with Gasteiger partial charge in [0, 0.05) is 12.6 Å². The number of methoxy groups -OCH3 is 1. The first-order valence-electron chi connectivity index (χ1n) is 6.61. The van der Waals surface area contributed by atoms with Gasteiger partial charge in [-0.05, 0) is 44.4 Å². The van der Waals surface area contributed by atoms with Crippen molar-refractivity contribution in [1.29, 1.82) is 0 Å². The van der Waals surface area contributed by atoms with E-state index in [0.717, 1.165) is 24.2 Å². The molecule has 1 aliphatic rings. The molecular formula is C14H21NO3S. The monoisotopic (exact) mass is 283 g/mol. The van der Waals surface area contributed by atoms with Crippen LogP contribution in [-0.4, -0.2) is 31.6 Å². The molecule has 0 spiro atoms. The molecule has 1 aliphatic heterocycles. The fraction of sp³-hybridized carbons (Fsp3) is 0.571. The van der Waals surface area contributed by atoms with Crippen LogP contribution in [0, 0.1) is 0 Å². The van der Waals surface area contributed by atoms with Crippen molar-refractivity contribution in [1.82, 2.24) is 4.31 Å². The summed E-state index contributed by atoms with van der Waals surface area (Å²) in [5.41, 5.74) is 1.04. The Bertz CT molecular complexity index is 522. The summed E-state index contributed by atoms with van der Waals surface area (Å²) in [4.78, 5) is 0. The molecular weight excluding hydrogens is 262 g/mol. The highest BCUT2D eigenvalue weighted by atomic mass is 32.2. The largest absolute Gasteiger partial charge is 0.497 e. The van der Waals surface area contributed by atoms with Crippen molar-refractivity contribution in [2.75, 3.05) is 13.7 Å².